The lowest BCUT2D eigenvalue weighted by atomic mass is 10.0. The van der Waals surface area contributed by atoms with Crippen LogP contribution in [0, 0.1) is 13.8 Å². The van der Waals surface area contributed by atoms with Crippen molar-refractivity contribution in [3.8, 4) is 0 Å². The molecular formula is C14H25N3O2. The number of hydrogen-bond acceptors (Lipinski definition) is 3. The average molecular weight is 267 g/mol. The number of carbonyl (C=O) groups excluding carboxylic acids is 1. The Labute approximate surface area is 115 Å². The molecule has 5 nitrogen and oxygen atoms in total. The van der Waals surface area contributed by atoms with Crippen LogP contribution in [0.4, 0.5) is 0 Å². The molecule has 0 aliphatic rings. The predicted octanol–water partition coefficient (Wildman–Crippen LogP) is 1.25. The quantitative estimate of drug-likeness (QED) is 0.815. The second-order valence-corrected chi connectivity index (χ2v) is 5.40. The number of rotatable bonds is 6. The van der Waals surface area contributed by atoms with Gasteiger partial charge in [0.2, 0.25) is 5.91 Å². The van der Waals surface area contributed by atoms with Gasteiger partial charge in [-0.15, -0.1) is 0 Å². The third kappa shape index (κ3) is 4.35. The van der Waals surface area contributed by atoms with Crippen molar-refractivity contribution in [2.75, 3.05) is 6.54 Å². The average Bonchev–Trinajstić information content (AvgIpc) is 2.59. The van der Waals surface area contributed by atoms with E-state index in [9.17, 15) is 9.90 Å². The lowest BCUT2D eigenvalue weighted by molar-refractivity contribution is -0.122. The van der Waals surface area contributed by atoms with Crippen molar-refractivity contribution in [2.24, 2.45) is 7.05 Å². The summed E-state index contributed by atoms with van der Waals surface area (Å²) in [6.45, 7) is 7.89. The van der Waals surface area contributed by atoms with E-state index in [0.717, 1.165) is 17.0 Å². The molecule has 0 aliphatic carbocycles. The van der Waals surface area contributed by atoms with Gasteiger partial charge in [-0.3, -0.25) is 9.48 Å². The molecule has 0 radical (unpaired) electrons. The van der Waals surface area contributed by atoms with Crippen LogP contribution in [0.5, 0.6) is 0 Å². The van der Waals surface area contributed by atoms with Crippen molar-refractivity contribution < 1.29 is 9.90 Å². The Kier molecular flexibility index (Phi) is 5.11. The third-order valence-corrected chi connectivity index (χ3v) is 3.69. The zero-order valence-corrected chi connectivity index (χ0v) is 12.6. The summed E-state index contributed by atoms with van der Waals surface area (Å²) in [6.07, 6.45) is 1.73. The van der Waals surface area contributed by atoms with Crippen molar-refractivity contribution in [3.05, 3.63) is 17.0 Å². The zero-order valence-electron chi connectivity index (χ0n) is 12.6. The second-order valence-electron chi connectivity index (χ2n) is 5.40. The fourth-order valence-electron chi connectivity index (χ4n) is 1.92. The SMILES string of the molecule is CCC(C)(O)CNC(=O)CCc1c(C)nn(C)c1C. The Morgan fingerprint density at radius 3 is 2.58 bits per heavy atom. The van der Waals surface area contributed by atoms with Gasteiger partial charge in [0.25, 0.3) is 0 Å². The molecule has 0 bridgehead atoms. The Hall–Kier alpha value is -1.36. The maximum Gasteiger partial charge on any atom is 0.220 e. The molecule has 0 aromatic carbocycles. The summed E-state index contributed by atoms with van der Waals surface area (Å²) in [6, 6.07) is 0. The van der Waals surface area contributed by atoms with Gasteiger partial charge >= 0.3 is 0 Å². The monoisotopic (exact) mass is 267 g/mol. The minimum absolute atomic E-state index is 0.0311. The summed E-state index contributed by atoms with van der Waals surface area (Å²) < 4.78 is 1.84. The molecule has 0 spiro atoms. The van der Waals surface area contributed by atoms with Gasteiger partial charge in [0.1, 0.15) is 0 Å². The molecule has 1 amide bonds. The van der Waals surface area contributed by atoms with Crippen molar-refractivity contribution >= 4 is 5.91 Å². The van der Waals surface area contributed by atoms with Crippen molar-refractivity contribution in [2.45, 2.75) is 52.6 Å². The fourth-order valence-corrected chi connectivity index (χ4v) is 1.92. The lowest BCUT2D eigenvalue weighted by Gasteiger charge is -2.21. The van der Waals surface area contributed by atoms with Gasteiger partial charge in [-0.2, -0.15) is 5.10 Å². The first-order valence-corrected chi connectivity index (χ1v) is 6.75. The van der Waals surface area contributed by atoms with E-state index in [0.29, 0.717) is 25.8 Å². The summed E-state index contributed by atoms with van der Waals surface area (Å²) in [7, 11) is 1.91. The molecule has 1 heterocycles. The fraction of sp³-hybridized carbons (Fsp3) is 0.714. The highest BCUT2D eigenvalue weighted by Crippen LogP contribution is 2.14. The van der Waals surface area contributed by atoms with E-state index >= 15 is 0 Å². The standard InChI is InChI=1S/C14H25N3O2/c1-6-14(4,19)9-15-13(18)8-7-12-10(2)16-17(5)11(12)3/h19H,6-9H2,1-5H3,(H,15,18). The number of carbonyl (C=O) groups is 1. The highest BCUT2D eigenvalue weighted by atomic mass is 16.3. The van der Waals surface area contributed by atoms with Crippen molar-refractivity contribution in [1.29, 1.82) is 0 Å². The number of aryl methyl sites for hydroxylation is 2. The smallest absolute Gasteiger partial charge is 0.220 e. The number of aliphatic hydroxyl groups is 1. The minimum atomic E-state index is -0.824. The normalized spacial score (nSPS) is 14.2. The molecule has 1 aromatic rings. The van der Waals surface area contributed by atoms with Crippen LogP contribution in [0.1, 0.15) is 43.6 Å². The molecule has 0 fully saturated rings. The minimum Gasteiger partial charge on any atom is -0.388 e. The first-order chi connectivity index (χ1) is 8.76. The van der Waals surface area contributed by atoms with Crippen LogP contribution < -0.4 is 5.32 Å². The highest BCUT2D eigenvalue weighted by molar-refractivity contribution is 5.76. The molecule has 0 saturated heterocycles. The number of amides is 1. The summed E-state index contributed by atoms with van der Waals surface area (Å²) in [5.74, 6) is -0.0311. The molecule has 1 aromatic heterocycles. The molecule has 19 heavy (non-hydrogen) atoms. The lowest BCUT2D eigenvalue weighted by Crippen LogP contribution is -2.40. The summed E-state index contributed by atoms with van der Waals surface area (Å²) in [5, 5.41) is 16.9. The summed E-state index contributed by atoms with van der Waals surface area (Å²) in [5.41, 5.74) is 2.40. The van der Waals surface area contributed by atoms with Gasteiger partial charge < -0.3 is 10.4 Å². The van der Waals surface area contributed by atoms with E-state index in [1.54, 1.807) is 6.92 Å². The van der Waals surface area contributed by atoms with Crippen molar-refractivity contribution in [1.82, 2.24) is 15.1 Å². The Morgan fingerprint density at radius 2 is 2.11 bits per heavy atom. The summed E-state index contributed by atoms with van der Waals surface area (Å²) >= 11 is 0. The van der Waals surface area contributed by atoms with Gasteiger partial charge in [0, 0.05) is 25.7 Å². The van der Waals surface area contributed by atoms with Crippen LogP contribution in [0.15, 0.2) is 0 Å². The van der Waals surface area contributed by atoms with E-state index in [4.69, 9.17) is 0 Å². The van der Waals surface area contributed by atoms with Gasteiger partial charge in [-0.05, 0) is 39.2 Å². The Morgan fingerprint density at radius 1 is 1.47 bits per heavy atom. The number of aromatic nitrogens is 2. The Balaban J connectivity index is 2.47. The molecule has 5 heteroatoms. The largest absolute Gasteiger partial charge is 0.388 e. The van der Waals surface area contributed by atoms with Gasteiger partial charge in [-0.1, -0.05) is 6.92 Å². The van der Waals surface area contributed by atoms with Crippen LogP contribution in [-0.2, 0) is 18.3 Å². The molecular weight excluding hydrogens is 242 g/mol. The molecule has 108 valence electrons. The summed E-state index contributed by atoms with van der Waals surface area (Å²) in [4.78, 5) is 11.8. The third-order valence-electron chi connectivity index (χ3n) is 3.69. The molecule has 0 aliphatic heterocycles. The van der Waals surface area contributed by atoms with Crippen LogP contribution in [-0.4, -0.2) is 32.9 Å². The van der Waals surface area contributed by atoms with Gasteiger partial charge in [0.15, 0.2) is 0 Å². The van der Waals surface area contributed by atoms with Crippen LogP contribution >= 0.6 is 0 Å². The zero-order chi connectivity index (χ0) is 14.6. The molecule has 1 atom stereocenters. The molecule has 1 rings (SSSR count). The maximum atomic E-state index is 11.8. The first-order valence-electron chi connectivity index (χ1n) is 6.75. The molecule has 2 N–H and O–H groups in total. The van der Waals surface area contributed by atoms with E-state index in [-0.39, 0.29) is 5.91 Å². The van der Waals surface area contributed by atoms with E-state index in [1.807, 2.05) is 32.5 Å². The number of nitrogens with one attached hydrogen (secondary N) is 1. The van der Waals surface area contributed by atoms with Gasteiger partial charge in [0.05, 0.1) is 11.3 Å². The van der Waals surface area contributed by atoms with Crippen LogP contribution in [0.25, 0.3) is 0 Å². The second kappa shape index (κ2) is 6.19. The van der Waals surface area contributed by atoms with E-state index in [2.05, 4.69) is 10.4 Å². The maximum absolute atomic E-state index is 11.8. The molecule has 0 saturated carbocycles. The van der Waals surface area contributed by atoms with Gasteiger partial charge in [-0.25, -0.2) is 0 Å². The topological polar surface area (TPSA) is 67.2 Å². The number of hydrogen-bond donors (Lipinski definition) is 2. The van der Waals surface area contributed by atoms with E-state index in [1.165, 1.54) is 0 Å². The van der Waals surface area contributed by atoms with Crippen LogP contribution in [0.2, 0.25) is 0 Å². The first kappa shape index (κ1) is 15.7. The van der Waals surface area contributed by atoms with Crippen LogP contribution in [0.3, 0.4) is 0 Å². The Bertz CT molecular complexity index is 450. The van der Waals surface area contributed by atoms with E-state index < -0.39 is 5.60 Å². The number of nitrogens with zero attached hydrogens (tertiary/aromatic N) is 2. The highest BCUT2D eigenvalue weighted by Gasteiger charge is 2.18. The van der Waals surface area contributed by atoms with Crippen molar-refractivity contribution in [3.63, 3.8) is 0 Å². The predicted molar refractivity (Wildman–Crippen MR) is 74.9 cm³/mol. The molecule has 1 unspecified atom stereocenters.